The van der Waals surface area contributed by atoms with E-state index in [2.05, 4.69) is 65.5 Å². The molecule has 0 unspecified atom stereocenters. The topological polar surface area (TPSA) is 80.5 Å². The van der Waals surface area contributed by atoms with E-state index in [1.807, 2.05) is 32.2 Å². The number of nitrogens with zero attached hydrogens (tertiary/aromatic N) is 4. The standard InChI is InChI=1S/C31H36N4O3/c1-6-25-18-35(16-23-9-7-8-10-28(23)38-25)17-24-15-22(12-11-19(24)2)29(21(4)31(36)37)26-13-14-27-30(20(26)3)32-33-34(27)5/h7-15,21,25,29H,6,16-18H2,1-5H3,(H,36,37)/t21-,25+,29-/m0/s1. The summed E-state index contributed by atoms with van der Waals surface area (Å²) in [5.41, 5.74) is 8.31. The molecule has 0 saturated heterocycles. The second-order valence-corrected chi connectivity index (χ2v) is 10.6. The highest BCUT2D eigenvalue weighted by molar-refractivity contribution is 5.80. The van der Waals surface area contributed by atoms with Crippen molar-refractivity contribution >= 4 is 17.0 Å². The smallest absolute Gasteiger partial charge is 0.307 e. The molecule has 1 N–H and O–H groups in total. The van der Waals surface area contributed by atoms with Crippen molar-refractivity contribution in [3.05, 3.63) is 88.0 Å². The van der Waals surface area contributed by atoms with Crippen molar-refractivity contribution in [1.29, 1.82) is 0 Å². The normalized spacial score (nSPS) is 17.4. The van der Waals surface area contributed by atoms with Crippen molar-refractivity contribution in [2.24, 2.45) is 13.0 Å². The Kier molecular flexibility index (Phi) is 7.21. The molecule has 0 spiro atoms. The first-order chi connectivity index (χ1) is 18.3. The maximum atomic E-state index is 12.3. The van der Waals surface area contributed by atoms with Crippen molar-refractivity contribution in [1.82, 2.24) is 19.9 Å². The van der Waals surface area contributed by atoms with Crippen LogP contribution in [0.15, 0.2) is 54.6 Å². The molecule has 3 aromatic carbocycles. The number of carboxylic acid groups (broad SMARTS) is 1. The summed E-state index contributed by atoms with van der Waals surface area (Å²) in [6.45, 7) is 10.5. The zero-order valence-electron chi connectivity index (χ0n) is 22.8. The van der Waals surface area contributed by atoms with Crippen LogP contribution in [0.25, 0.3) is 11.0 Å². The summed E-state index contributed by atoms with van der Waals surface area (Å²) in [6, 6.07) is 18.7. The molecule has 38 heavy (non-hydrogen) atoms. The Morgan fingerprint density at radius 3 is 2.71 bits per heavy atom. The van der Waals surface area contributed by atoms with E-state index in [1.165, 1.54) is 16.7 Å². The van der Waals surface area contributed by atoms with Crippen molar-refractivity contribution in [2.45, 2.75) is 59.2 Å². The Balaban J connectivity index is 1.53. The fourth-order valence-electron chi connectivity index (χ4n) is 5.65. The summed E-state index contributed by atoms with van der Waals surface area (Å²) in [6.07, 6.45) is 1.06. The third-order valence-electron chi connectivity index (χ3n) is 8.01. The zero-order valence-corrected chi connectivity index (χ0v) is 22.8. The largest absolute Gasteiger partial charge is 0.489 e. The van der Waals surface area contributed by atoms with Crippen LogP contribution in [0, 0.1) is 19.8 Å². The highest BCUT2D eigenvalue weighted by Crippen LogP contribution is 2.37. The maximum Gasteiger partial charge on any atom is 0.307 e. The van der Waals surface area contributed by atoms with E-state index in [9.17, 15) is 9.90 Å². The molecule has 1 aliphatic rings. The van der Waals surface area contributed by atoms with Crippen LogP contribution in [0.2, 0.25) is 0 Å². The monoisotopic (exact) mass is 512 g/mol. The number of carboxylic acids is 1. The average Bonchev–Trinajstić information content (AvgIpc) is 3.18. The number of aromatic nitrogens is 3. The van der Waals surface area contributed by atoms with Gasteiger partial charge < -0.3 is 9.84 Å². The van der Waals surface area contributed by atoms with Gasteiger partial charge in [-0.15, -0.1) is 5.10 Å². The molecular weight excluding hydrogens is 476 g/mol. The van der Waals surface area contributed by atoms with Gasteiger partial charge in [-0.2, -0.15) is 0 Å². The predicted octanol–water partition coefficient (Wildman–Crippen LogP) is 5.61. The molecule has 5 rings (SSSR count). The highest BCUT2D eigenvalue weighted by Gasteiger charge is 2.30. The van der Waals surface area contributed by atoms with Crippen LogP contribution in [0.4, 0.5) is 0 Å². The minimum atomic E-state index is -0.817. The van der Waals surface area contributed by atoms with Gasteiger partial charge in [0.1, 0.15) is 17.4 Å². The summed E-state index contributed by atoms with van der Waals surface area (Å²) < 4.78 is 8.06. The minimum absolute atomic E-state index is 0.128. The number of hydrogen-bond acceptors (Lipinski definition) is 5. The van der Waals surface area contributed by atoms with Crippen LogP contribution in [-0.2, 0) is 24.9 Å². The van der Waals surface area contributed by atoms with Gasteiger partial charge in [0.15, 0.2) is 0 Å². The van der Waals surface area contributed by atoms with Gasteiger partial charge in [0.05, 0.1) is 11.4 Å². The Hall–Kier alpha value is -3.71. The minimum Gasteiger partial charge on any atom is -0.489 e. The molecule has 0 aliphatic carbocycles. The number of fused-ring (bicyclic) bond motifs is 2. The van der Waals surface area contributed by atoms with E-state index in [4.69, 9.17) is 4.74 Å². The van der Waals surface area contributed by atoms with Crippen molar-refractivity contribution < 1.29 is 14.6 Å². The quantitative estimate of drug-likeness (QED) is 0.347. The molecule has 0 bridgehead atoms. The van der Waals surface area contributed by atoms with Crippen LogP contribution in [0.3, 0.4) is 0 Å². The van der Waals surface area contributed by atoms with Gasteiger partial charge in [0.2, 0.25) is 0 Å². The Morgan fingerprint density at radius 1 is 1.16 bits per heavy atom. The first kappa shape index (κ1) is 25.9. The van der Waals surface area contributed by atoms with Crippen molar-refractivity contribution in [3.8, 4) is 5.75 Å². The number of aryl methyl sites for hydroxylation is 3. The Bertz CT molecular complexity index is 1480. The summed E-state index contributed by atoms with van der Waals surface area (Å²) in [7, 11) is 1.87. The molecular formula is C31H36N4O3. The van der Waals surface area contributed by atoms with E-state index in [0.717, 1.165) is 59.5 Å². The third-order valence-corrected chi connectivity index (χ3v) is 8.01. The molecule has 0 saturated carbocycles. The number of aliphatic carboxylic acids is 1. The number of rotatable bonds is 7. The van der Waals surface area contributed by atoms with Crippen molar-refractivity contribution in [2.75, 3.05) is 6.54 Å². The van der Waals surface area contributed by atoms with Gasteiger partial charge >= 0.3 is 5.97 Å². The molecule has 0 amide bonds. The number of ether oxygens (including phenoxy) is 1. The summed E-state index contributed by atoms with van der Waals surface area (Å²) in [5, 5.41) is 18.6. The number of hydrogen-bond donors (Lipinski definition) is 1. The number of carbonyl (C=O) groups is 1. The number of benzene rings is 3. The van der Waals surface area contributed by atoms with Crippen LogP contribution in [-0.4, -0.2) is 43.6 Å². The van der Waals surface area contributed by atoms with Crippen LogP contribution < -0.4 is 4.74 Å². The molecule has 2 heterocycles. The van der Waals surface area contributed by atoms with Gasteiger partial charge in [0, 0.05) is 38.2 Å². The Morgan fingerprint density at radius 2 is 1.95 bits per heavy atom. The molecule has 7 nitrogen and oxygen atoms in total. The third kappa shape index (κ3) is 4.90. The number of para-hydroxylation sites is 1. The molecule has 1 aromatic heterocycles. The Labute approximate surface area is 224 Å². The predicted molar refractivity (Wildman–Crippen MR) is 148 cm³/mol. The van der Waals surface area contributed by atoms with Gasteiger partial charge in [-0.25, -0.2) is 4.68 Å². The van der Waals surface area contributed by atoms with Crippen molar-refractivity contribution in [3.63, 3.8) is 0 Å². The second kappa shape index (κ2) is 10.6. The zero-order chi connectivity index (χ0) is 27.0. The summed E-state index contributed by atoms with van der Waals surface area (Å²) in [5.74, 6) is -0.767. The summed E-state index contributed by atoms with van der Waals surface area (Å²) >= 11 is 0. The molecule has 1 aliphatic heterocycles. The van der Waals surface area contributed by atoms with E-state index < -0.39 is 11.9 Å². The molecule has 4 aromatic rings. The van der Waals surface area contributed by atoms with E-state index in [0.29, 0.717) is 0 Å². The SMILES string of the molecule is CC[C@@H]1CN(Cc2cc([C@@H](c3ccc4c(nnn4C)c3C)[C@H](C)C(=O)O)ccc2C)Cc2ccccc2O1. The first-order valence-electron chi connectivity index (χ1n) is 13.3. The molecule has 3 atom stereocenters. The summed E-state index contributed by atoms with van der Waals surface area (Å²) in [4.78, 5) is 14.7. The van der Waals surface area contributed by atoms with E-state index in [-0.39, 0.29) is 12.0 Å². The molecule has 0 radical (unpaired) electrons. The maximum absolute atomic E-state index is 12.3. The average molecular weight is 513 g/mol. The van der Waals surface area contributed by atoms with Crippen LogP contribution in [0.5, 0.6) is 5.75 Å². The van der Waals surface area contributed by atoms with E-state index >= 15 is 0 Å². The molecule has 198 valence electrons. The van der Waals surface area contributed by atoms with E-state index in [1.54, 1.807) is 11.6 Å². The fourth-order valence-corrected chi connectivity index (χ4v) is 5.65. The van der Waals surface area contributed by atoms with Crippen LogP contribution >= 0.6 is 0 Å². The lowest BCUT2D eigenvalue weighted by atomic mass is 9.79. The lowest BCUT2D eigenvalue weighted by molar-refractivity contribution is -0.141. The highest BCUT2D eigenvalue weighted by atomic mass is 16.5. The van der Waals surface area contributed by atoms with Crippen LogP contribution in [0.1, 0.15) is 59.6 Å². The first-order valence-corrected chi connectivity index (χ1v) is 13.3. The van der Waals surface area contributed by atoms with Gasteiger partial charge in [-0.05, 0) is 60.2 Å². The molecule has 0 fully saturated rings. The van der Waals surface area contributed by atoms with Gasteiger partial charge in [-0.3, -0.25) is 9.69 Å². The molecule has 7 heteroatoms. The van der Waals surface area contributed by atoms with Gasteiger partial charge in [-0.1, -0.05) is 61.5 Å². The lowest BCUT2D eigenvalue weighted by Crippen LogP contribution is -2.32. The van der Waals surface area contributed by atoms with Gasteiger partial charge in [0.25, 0.3) is 0 Å². The fraction of sp³-hybridized carbons (Fsp3) is 0.387. The lowest BCUT2D eigenvalue weighted by Gasteiger charge is -2.27. The second-order valence-electron chi connectivity index (χ2n) is 10.6.